The number of phenolic OH excluding ortho intramolecular Hbond substituents is 1. The molecule has 0 radical (unpaired) electrons. The van der Waals surface area contributed by atoms with Crippen molar-refractivity contribution in [3.63, 3.8) is 0 Å². The van der Waals surface area contributed by atoms with Crippen LogP contribution in [0.25, 0.3) is 0 Å². The van der Waals surface area contributed by atoms with Crippen LogP contribution in [0.2, 0.25) is 0 Å². The molecule has 3 nitrogen and oxygen atoms in total. The SMILES string of the molecule is O=C=NC1(c2cc(C(F)F)ccc2O)CCC1. The molecule has 1 aliphatic rings. The highest BCUT2D eigenvalue weighted by molar-refractivity contribution is 5.46. The zero-order valence-electron chi connectivity index (χ0n) is 8.99. The summed E-state index contributed by atoms with van der Waals surface area (Å²) in [5.41, 5.74) is -0.730. The standard InChI is InChI=1S/C12H11F2NO2/c13-11(14)8-2-3-10(17)9(6-8)12(15-7-16)4-1-5-12/h2-3,6,11,17H,1,4-5H2. The summed E-state index contributed by atoms with van der Waals surface area (Å²) in [5, 5.41) is 9.71. The second-order valence-corrected chi connectivity index (χ2v) is 4.17. The molecule has 0 aromatic heterocycles. The van der Waals surface area contributed by atoms with Gasteiger partial charge in [-0.2, -0.15) is 4.99 Å². The average Bonchev–Trinajstić information content (AvgIpc) is 2.24. The molecule has 5 heteroatoms. The lowest BCUT2D eigenvalue weighted by atomic mass is 9.72. The Morgan fingerprint density at radius 3 is 2.59 bits per heavy atom. The molecule has 1 N–H and O–H groups in total. The van der Waals surface area contributed by atoms with Crippen LogP contribution in [-0.4, -0.2) is 11.2 Å². The topological polar surface area (TPSA) is 49.7 Å². The van der Waals surface area contributed by atoms with Crippen molar-refractivity contribution in [1.82, 2.24) is 0 Å². The lowest BCUT2D eigenvalue weighted by molar-refractivity contribution is 0.150. The summed E-state index contributed by atoms with van der Waals surface area (Å²) in [7, 11) is 0. The molecule has 90 valence electrons. The van der Waals surface area contributed by atoms with Gasteiger partial charge in [0.2, 0.25) is 6.08 Å². The number of halogens is 2. The maximum atomic E-state index is 12.6. The first-order valence-electron chi connectivity index (χ1n) is 5.30. The molecule has 0 bridgehead atoms. The van der Waals surface area contributed by atoms with E-state index in [-0.39, 0.29) is 11.3 Å². The average molecular weight is 239 g/mol. The molecule has 0 unspecified atom stereocenters. The van der Waals surface area contributed by atoms with Crippen molar-refractivity contribution in [2.24, 2.45) is 4.99 Å². The smallest absolute Gasteiger partial charge is 0.263 e. The first-order chi connectivity index (χ1) is 8.09. The molecule has 1 saturated carbocycles. The van der Waals surface area contributed by atoms with Gasteiger partial charge in [0.05, 0.1) is 0 Å². The van der Waals surface area contributed by atoms with E-state index in [0.29, 0.717) is 18.4 Å². The number of phenols is 1. The van der Waals surface area contributed by atoms with Gasteiger partial charge in [-0.1, -0.05) is 0 Å². The lowest BCUT2D eigenvalue weighted by Crippen LogP contribution is -2.32. The number of aromatic hydroxyl groups is 1. The maximum Gasteiger partial charge on any atom is 0.263 e. The number of nitrogens with zero attached hydrogens (tertiary/aromatic N) is 1. The fourth-order valence-corrected chi connectivity index (χ4v) is 2.10. The van der Waals surface area contributed by atoms with Crippen LogP contribution in [0.1, 0.15) is 36.8 Å². The predicted molar refractivity (Wildman–Crippen MR) is 56.7 cm³/mol. The van der Waals surface area contributed by atoms with Gasteiger partial charge in [-0.25, -0.2) is 13.6 Å². The van der Waals surface area contributed by atoms with Crippen LogP contribution >= 0.6 is 0 Å². The van der Waals surface area contributed by atoms with Crippen molar-refractivity contribution < 1.29 is 18.7 Å². The lowest BCUT2D eigenvalue weighted by Gasteiger charge is -2.37. The minimum Gasteiger partial charge on any atom is -0.508 e. The highest BCUT2D eigenvalue weighted by Crippen LogP contribution is 2.48. The predicted octanol–water partition coefficient (Wildman–Crippen LogP) is 3.04. The summed E-state index contributed by atoms with van der Waals surface area (Å²) in [6, 6.07) is 3.61. The third-order valence-electron chi connectivity index (χ3n) is 3.21. The second kappa shape index (κ2) is 4.26. The molecule has 0 spiro atoms. The highest BCUT2D eigenvalue weighted by Gasteiger charge is 2.41. The Bertz CT molecular complexity index is 477. The Labute approximate surface area is 96.8 Å². The van der Waals surface area contributed by atoms with Gasteiger partial charge in [-0.3, -0.25) is 0 Å². The Morgan fingerprint density at radius 1 is 1.41 bits per heavy atom. The van der Waals surface area contributed by atoms with Crippen molar-refractivity contribution >= 4 is 6.08 Å². The van der Waals surface area contributed by atoms with Gasteiger partial charge >= 0.3 is 0 Å². The van der Waals surface area contributed by atoms with Crippen molar-refractivity contribution in [2.45, 2.75) is 31.2 Å². The third-order valence-corrected chi connectivity index (χ3v) is 3.21. The molecule has 1 aromatic carbocycles. The van der Waals surface area contributed by atoms with Crippen molar-refractivity contribution in [3.05, 3.63) is 29.3 Å². The van der Waals surface area contributed by atoms with E-state index >= 15 is 0 Å². The fourth-order valence-electron chi connectivity index (χ4n) is 2.10. The number of benzene rings is 1. The van der Waals surface area contributed by atoms with Crippen molar-refractivity contribution in [1.29, 1.82) is 0 Å². The van der Waals surface area contributed by atoms with Crippen LogP contribution in [0, 0.1) is 0 Å². The summed E-state index contributed by atoms with van der Waals surface area (Å²) in [5.74, 6) is -0.104. The van der Waals surface area contributed by atoms with Crippen molar-refractivity contribution in [3.8, 4) is 5.75 Å². The minimum atomic E-state index is -2.60. The molecule has 1 fully saturated rings. The van der Waals surface area contributed by atoms with Crippen LogP contribution < -0.4 is 0 Å². The molecule has 17 heavy (non-hydrogen) atoms. The van der Waals surface area contributed by atoms with Crippen LogP contribution in [0.5, 0.6) is 5.75 Å². The van der Waals surface area contributed by atoms with Gasteiger partial charge in [0.1, 0.15) is 11.3 Å². The molecule has 2 rings (SSSR count). The van der Waals surface area contributed by atoms with E-state index < -0.39 is 12.0 Å². The fraction of sp³-hybridized carbons (Fsp3) is 0.417. The normalized spacial score (nSPS) is 17.4. The molecule has 0 atom stereocenters. The number of hydrogen-bond donors (Lipinski definition) is 1. The molecule has 0 amide bonds. The van der Waals surface area contributed by atoms with Gasteiger partial charge in [-0.05, 0) is 37.5 Å². The van der Waals surface area contributed by atoms with Crippen LogP contribution in [0.4, 0.5) is 8.78 Å². The Balaban J connectivity index is 2.49. The first-order valence-corrected chi connectivity index (χ1v) is 5.30. The van der Waals surface area contributed by atoms with E-state index in [4.69, 9.17) is 0 Å². The van der Waals surface area contributed by atoms with Gasteiger partial charge in [-0.15, -0.1) is 0 Å². The van der Waals surface area contributed by atoms with E-state index in [1.54, 1.807) is 0 Å². The molecule has 0 heterocycles. The quantitative estimate of drug-likeness (QED) is 0.651. The van der Waals surface area contributed by atoms with Gasteiger partial charge < -0.3 is 5.11 Å². The number of rotatable bonds is 3. The Kier molecular flexibility index (Phi) is 2.94. The molecular formula is C12H11F2NO2. The second-order valence-electron chi connectivity index (χ2n) is 4.17. The summed E-state index contributed by atoms with van der Waals surface area (Å²) in [6.45, 7) is 0. The number of carbonyl (C=O) groups excluding carboxylic acids is 1. The zero-order valence-corrected chi connectivity index (χ0v) is 8.99. The maximum absolute atomic E-state index is 12.6. The van der Waals surface area contributed by atoms with E-state index in [1.807, 2.05) is 0 Å². The molecule has 0 aliphatic heterocycles. The number of aliphatic imine (C=N–C) groups is 1. The van der Waals surface area contributed by atoms with Crippen LogP contribution in [0.15, 0.2) is 23.2 Å². The van der Waals surface area contributed by atoms with Gasteiger partial charge in [0.15, 0.2) is 0 Å². The van der Waals surface area contributed by atoms with E-state index in [1.165, 1.54) is 24.3 Å². The summed E-state index contributed by atoms with van der Waals surface area (Å²) in [4.78, 5) is 14.1. The Hall–Kier alpha value is -1.74. The minimum absolute atomic E-state index is 0.104. The van der Waals surface area contributed by atoms with Crippen molar-refractivity contribution in [2.75, 3.05) is 0 Å². The number of alkyl halides is 2. The summed E-state index contributed by atoms with van der Waals surface area (Å²) < 4.78 is 25.2. The Morgan fingerprint density at radius 2 is 2.12 bits per heavy atom. The van der Waals surface area contributed by atoms with E-state index in [0.717, 1.165) is 6.42 Å². The molecule has 1 aliphatic carbocycles. The number of hydrogen-bond acceptors (Lipinski definition) is 3. The molecular weight excluding hydrogens is 228 g/mol. The third kappa shape index (κ3) is 1.94. The summed E-state index contributed by atoms with van der Waals surface area (Å²) in [6.07, 6.45) is 0.851. The molecule has 1 aromatic rings. The molecule has 0 saturated heterocycles. The van der Waals surface area contributed by atoms with E-state index in [2.05, 4.69) is 4.99 Å². The zero-order chi connectivity index (χ0) is 12.5. The van der Waals surface area contributed by atoms with Gasteiger partial charge in [0, 0.05) is 11.1 Å². The highest BCUT2D eigenvalue weighted by atomic mass is 19.3. The van der Waals surface area contributed by atoms with Crippen LogP contribution in [-0.2, 0) is 10.3 Å². The van der Waals surface area contributed by atoms with E-state index in [9.17, 15) is 18.7 Å². The number of isocyanates is 1. The van der Waals surface area contributed by atoms with Gasteiger partial charge in [0.25, 0.3) is 6.43 Å². The monoisotopic (exact) mass is 239 g/mol. The summed E-state index contributed by atoms with van der Waals surface area (Å²) >= 11 is 0. The first kappa shape index (κ1) is 11.7. The largest absolute Gasteiger partial charge is 0.508 e. The van der Waals surface area contributed by atoms with Crippen LogP contribution in [0.3, 0.4) is 0 Å².